The first-order chi connectivity index (χ1) is 14.0. The number of aryl methyl sites for hydroxylation is 3. The van der Waals surface area contributed by atoms with Crippen molar-refractivity contribution in [1.29, 1.82) is 0 Å². The number of aromatic nitrogens is 2. The fraction of sp³-hybridized carbons (Fsp3) is 0.125. The Kier molecular flexibility index (Phi) is 4.96. The lowest BCUT2D eigenvalue weighted by molar-refractivity contribution is 1.03. The molecule has 2 aromatic heterocycles. The number of hydrogen-bond acceptors (Lipinski definition) is 4. The van der Waals surface area contributed by atoms with Gasteiger partial charge in [0.15, 0.2) is 0 Å². The lowest BCUT2D eigenvalue weighted by Crippen LogP contribution is -2.22. The molecule has 144 valence electrons. The van der Waals surface area contributed by atoms with E-state index in [-0.39, 0.29) is 5.56 Å². The number of anilines is 2. The Morgan fingerprint density at radius 2 is 1.72 bits per heavy atom. The van der Waals surface area contributed by atoms with Crippen molar-refractivity contribution >= 4 is 29.1 Å². The van der Waals surface area contributed by atoms with Gasteiger partial charge in [-0.15, -0.1) is 0 Å². The van der Waals surface area contributed by atoms with Crippen LogP contribution in [0.25, 0.3) is 5.65 Å². The van der Waals surface area contributed by atoms with E-state index in [4.69, 9.17) is 4.98 Å². The number of pyridine rings is 1. The Balaban J connectivity index is 1.88. The minimum absolute atomic E-state index is 0.162. The highest BCUT2D eigenvalue weighted by Gasteiger charge is 2.13. The molecule has 5 nitrogen and oxygen atoms in total. The van der Waals surface area contributed by atoms with Crippen LogP contribution in [0.1, 0.15) is 22.3 Å². The quantitative estimate of drug-likeness (QED) is 0.499. The van der Waals surface area contributed by atoms with Crippen molar-refractivity contribution < 1.29 is 0 Å². The van der Waals surface area contributed by atoms with E-state index in [2.05, 4.69) is 10.3 Å². The zero-order chi connectivity index (χ0) is 20.4. The van der Waals surface area contributed by atoms with Crippen LogP contribution in [-0.4, -0.2) is 15.6 Å². The molecule has 0 radical (unpaired) electrons. The van der Waals surface area contributed by atoms with Gasteiger partial charge >= 0.3 is 0 Å². The van der Waals surface area contributed by atoms with Crippen LogP contribution < -0.4 is 10.9 Å². The molecule has 0 spiro atoms. The van der Waals surface area contributed by atoms with E-state index in [0.717, 1.165) is 28.1 Å². The first-order valence-corrected chi connectivity index (χ1v) is 9.48. The summed E-state index contributed by atoms with van der Waals surface area (Å²) in [6, 6.07) is 19.6. The third kappa shape index (κ3) is 3.94. The highest BCUT2D eigenvalue weighted by molar-refractivity contribution is 5.89. The Labute approximate surface area is 169 Å². The molecule has 29 heavy (non-hydrogen) atoms. The van der Waals surface area contributed by atoms with Crippen LogP contribution in [0.15, 0.2) is 76.6 Å². The predicted octanol–water partition coefficient (Wildman–Crippen LogP) is 5.11. The summed E-state index contributed by atoms with van der Waals surface area (Å²) in [5.41, 5.74) is 5.71. The first kappa shape index (κ1) is 18.6. The summed E-state index contributed by atoms with van der Waals surface area (Å²) in [4.78, 5) is 22.5. The highest BCUT2D eigenvalue weighted by atomic mass is 16.1. The lowest BCUT2D eigenvalue weighted by Gasteiger charge is -2.12. The summed E-state index contributed by atoms with van der Waals surface area (Å²) in [5.74, 6) is 0.492. The number of aliphatic imine (C=N–C) groups is 1. The van der Waals surface area contributed by atoms with Crippen LogP contribution in [0, 0.1) is 20.8 Å². The van der Waals surface area contributed by atoms with Gasteiger partial charge in [0.1, 0.15) is 17.0 Å². The SMILES string of the molecule is Cc1cccc(N=Cc2c(Nc3cccc(C)c3)nc3c(C)cccn3c2=O)c1. The molecular formula is C24H22N4O. The van der Waals surface area contributed by atoms with Crippen LogP contribution in [0.2, 0.25) is 0 Å². The number of nitrogens with zero attached hydrogens (tertiary/aromatic N) is 3. The zero-order valence-corrected chi connectivity index (χ0v) is 16.7. The summed E-state index contributed by atoms with van der Waals surface area (Å²) >= 11 is 0. The van der Waals surface area contributed by atoms with Gasteiger partial charge in [-0.2, -0.15) is 0 Å². The van der Waals surface area contributed by atoms with Crippen LogP contribution in [-0.2, 0) is 0 Å². The van der Waals surface area contributed by atoms with Crippen LogP contribution >= 0.6 is 0 Å². The van der Waals surface area contributed by atoms with Crippen LogP contribution in [0.3, 0.4) is 0 Å². The Hall–Kier alpha value is -3.73. The van der Waals surface area contributed by atoms with Crippen LogP contribution in [0.4, 0.5) is 17.2 Å². The van der Waals surface area contributed by atoms with E-state index in [1.165, 1.54) is 0 Å². The second-order valence-electron chi connectivity index (χ2n) is 7.16. The summed E-state index contributed by atoms with van der Waals surface area (Å²) in [6.45, 7) is 5.98. The summed E-state index contributed by atoms with van der Waals surface area (Å²) in [5, 5.41) is 3.31. The molecule has 0 aliphatic carbocycles. The maximum Gasteiger partial charge on any atom is 0.268 e. The van der Waals surface area contributed by atoms with Crippen molar-refractivity contribution in [3.63, 3.8) is 0 Å². The molecule has 0 saturated carbocycles. The molecule has 2 aromatic carbocycles. The lowest BCUT2D eigenvalue weighted by atomic mass is 10.2. The maximum absolute atomic E-state index is 13.2. The largest absolute Gasteiger partial charge is 0.339 e. The fourth-order valence-corrected chi connectivity index (χ4v) is 3.23. The molecule has 1 N–H and O–H groups in total. The molecule has 0 bridgehead atoms. The smallest absolute Gasteiger partial charge is 0.268 e. The number of fused-ring (bicyclic) bond motifs is 1. The van der Waals surface area contributed by atoms with Gasteiger partial charge in [0.2, 0.25) is 0 Å². The summed E-state index contributed by atoms with van der Waals surface area (Å²) < 4.78 is 1.56. The van der Waals surface area contributed by atoms with E-state index in [9.17, 15) is 4.79 Å². The molecule has 0 aliphatic rings. The molecule has 0 atom stereocenters. The van der Waals surface area contributed by atoms with E-state index in [1.807, 2.05) is 81.4 Å². The monoisotopic (exact) mass is 382 g/mol. The second kappa shape index (κ2) is 7.72. The average Bonchev–Trinajstić information content (AvgIpc) is 2.69. The van der Waals surface area contributed by atoms with Gasteiger partial charge in [-0.1, -0.05) is 30.3 Å². The van der Waals surface area contributed by atoms with Gasteiger partial charge < -0.3 is 5.32 Å². The Bertz CT molecular complexity index is 1290. The van der Waals surface area contributed by atoms with Crippen molar-refractivity contribution in [2.45, 2.75) is 20.8 Å². The van der Waals surface area contributed by atoms with Gasteiger partial charge in [-0.05, 0) is 67.8 Å². The van der Waals surface area contributed by atoms with Crippen molar-refractivity contribution in [3.8, 4) is 0 Å². The third-order valence-electron chi connectivity index (χ3n) is 4.71. The van der Waals surface area contributed by atoms with Gasteiger partial charge in [0, 0.05) is 18.1 Å². The van der Waals surface area contributed by atoms with E-state index in [0.29, 0.717) is 17.0 Å². The number of nitrogens with one attached hydrogen (secondary N) is 1. The van der Waals surface area contributed by atoms with E-state index < -0.39 is 0 Å². The third-order valence-corrected chi connectivity index (χ3v) is 4.71. The van der Waals surface area contributed by atoms with Crippen molar-refractivity contribution in [2.24, 2.45) is 4.99 Å². The van der Waals surface area contributed by atoms with E-state index >= 15 is 0 Å². The molecule has 5 heteroatoms. The van der Waals surface area contributed by atoms with Gasteiger partial charge in [0.25, 0.3) is 5.56 Å². The minimum atomic E-state index is -0.162. The molecular weight excluding hydrogens is 360 g/mol. The molecule has 0 fully saturated rings. The molecule has 0 saturated heterocycles. The Morgan fingerprint density at radius 3 is 2.48 bits per heavy atom. The predicted molar refractivity (Wildman–Crippen MR) is 119 cm³/mol. The number of benzene rings is 2. The Morgan fingerprint density at radius 1 is 0.966 bits per heavy atom. The van der Waals surface area contributed by atoms with Crippen LogP contribution in [0.5, 0.6) is 0 Å². The van der Waals surface area contributed by atoms with Crippen molar-refractivity contribution in [2.75, 3.05) is 5.32 Å². The molecule has 4 rings (SSSR count). The second-order valence-corrected chi connectivity index (χ2v) is 7.16. The minimum Gasteiger partial charge on any atom is -0.339 e. The van der Waals surface area contributed by atoms with Gasteiger partial charge in [-0.25, -0.2) is 4.98 Å². The van der Waals surface area contributed by atoms with Gasteiger partial charge in [-0.3, -0.25) is 14.2 Å². The van der Waals surface area contributed by atoms with Crippen molar-refractivity contribution in [3.05, 3.63) is 99.5 Å². The summed E-state index contributed by atoms with van der Waals surface area (Å²) in [6.07, 6.45) is 3.33. The summed E-state index contributed by atoms with van der Waals surface area (Å²) in [7, 11) is 0. The molecule has 0 aliphatic heterocycles. The maximum atomic E-state index is 13.2. The fourth-order valence-electron chi connectivity index (χ4n) is 3.23. The molecule has 0 amide bonds. The topological polar surface area (TPSA) is 58.8 Å². The zero-order valence-electron chi connectivity index (χ0n) is 16.7. The highest BCUT2D eigenvalue weighted by Crippen LogP contribution is 2.20. The molecule has 0 unspecified atom stereocenters. The number of rotatable bonds is 4. The first-order valence-electron chi connectivity index (χ1n) is 9.48. The van der Waals surface area contributed by atoms with E-state index in [1.54, 1.807) is 16.8 Å². The van der Waals surface area contributed by atoms with Crippen molar-refractivity contribution in [1.82, 2.24) is 9.38 Å². The van der Waals surface area contributed by atoms with Gasteiger partial charge in [0.05, 0.1) is 5.69 Å². The molecule has 2 heterocycles. The average molecular weight is 382 g/mol. The molecule has 4 aromatic rings. The number of hydrogen-bond donors (Lipinski definition) is 1. The standard InChI is InChI=1S/C24H22N4O/c1-16-7-4-10-19(13-16)25-15-21-22(26-20-11-5-8-17(2)14-20)27-23-18(3)9-6-12-28(23)24(21)29/h4-15,26H,1-3H3. The normalized spacial score (nSPS) is 11.3.